The molecular formula is C30H27FN2O3. The average molecular weight is 483 g/mol. The highest BCUT2D eigenvalue weighted by Crippen LogP contribution is 2.19. The van der Waals surface area contributed by atoms with E-state index >= 15 is 0 Å². The molecule has 4 aromatic rings. The molecule has 0 fully saturated rings. The summed E-state index contributed by atoms with van der Waals surface area (Å²) in [6, 6.07) is 28.6. The predicted molar refractivity (Wildman–Crippen MR) is 138 cm³/mol. The highest BCUT2D eigenvalue weighted by atomic mass is 19.1. The fourth-order valence-corrected chi connectivity index (χ4v) is 3.73. The van der Waals surface area contributed by atoms with Crippen molar-refractivity contribution in [1.29, 1.82) is 0 Å². The summed E-state index contributed by atoms with van der Waals surface area (Å²) in [5, 5.41) is 5.64. The van der Waals surface area contributed by atoms with Gasteiger partial charge in [0.2, 0.25) is 0 Å². The number of anilines is 1. The number of aryl methyl sites for hydroxylation is 1. The lowest BCUT2D eigenvalue weighted by Crippen LogP contribution is -2.24. The molecule has 182 valence electrons. The van der Waals surface area contributed by atoms with Crippen molar-refractivity contribution in [2.75, 3.05) is 5.32 Å². The molecule has 6 heteroatoms. The maximum absolute atomic E-state index is 14.0. The SMILES string of the molecule is Cc1ccc(C(=O)NCc2ccccc2COCc2ccccc2)cc1NC(=O)c1ccccc1F. The lowest BCUT2D eigenvalue weighted by molar-refractivity contribution is 0.0946. The molecule has 36 heavy (non-hydrogen) atoms. The molecule has 0 unspecified atom stereocenters. The van der Waals surface area contributed by atoms with Crippen molar-refractivity contribution in [3.05, 3.63) is 136 Å². The van der Waals surface area contributed by atoms with Gasteiger partial charge in [-0.15, -0.1) is 0 Å². The van der Waals surface area contributed by atoms with Crippen LogP contribution in [0.15, 0.2) is 97.1 Å². The Labute approximate surface area is 209 Å². The zero-order chi connectivity index (χ0) is 25.3. The van der Waals surface area contributed by atoms with Crippen LogP contribution in [-0.4, -0.2) is 11.8 Å². The summed E-state index contributed by atoms with van der Waals surface area (Å²) >= 11 is 0. The average Bonchev–Trinajstić information content (AvgIpc) is 2.90. The monoisotopic (exact) mass is 482 g/mol. The van der Waals surface area contributed by atoms with E-state index in [1.165, 1.54) is 18.2 Å². The maximum atomic E-state index is 14.0. The van der Waals surface area contributed by atoms with Crippen molar-refractivity contribution in [1.82, 2.24) is 5.32 Å². The summed E-state index contributed by atoms with van der Waals surface area (Å²) in [6.45, 7) is 3.07. The fourth-order valence-electron chi connectivity index (χ4n) is 3.73. The van der Waals surface area contributed by atoms with E-state index in [9.17, 15) is 14.0 Å². The lowest BCUT2D eigenvalue weighted by atomic mass is 10.1. The number of benzene rings is 4. The van der Waals surface area contributed by atoms with Crippen LogP contribution < -0.4 is 10.6 Å². The number of halogens is 1. The first-order chi connectivity index (χ1) is 17.5. The van der Waals surface area contributed by atoms with Gasteiger partial charge in [-0.25, -0.2) is 4.39 Å². The van der Waals surface area contributed by atoms with Gasteiger partial charge in [0.15, 0.2) is 0 Å². The Balaban J connectivity index is 1.38. The van der Waals surface area contributed by atoms with Crippen molar-refractivity contribution < 1.29 is 18.7 Å². The van der Waals surface area contributed by atoms with Crippen molar-refractivity contribution in [3.63, 3.8) is 0 Å². The van der Waals surface area contributed by atoms with Crippen LogP contribution in [-0.2, 0) is 24.5 Å². The molecule has 4 rings (SSSR count). The number of hydrogen-bond donors (Lipinski definition) is 2. The zero-order valence-corrected chi connectivity index (χ0v) is 20.0. The van der Waals surface area contributed by atoms with E-state index in [4.69, 9.17) is 4.74 Å². The van der Waals surface area contributed by atoms with E-state index in [0.717, 1.165) is 22.3 Å². The third-order valence-electron chi connectivity index (χ3n) is 5.79. The number of ether oxygens (including phenoxy) is 1. The first-order valence-electron chi connectivity index (χ1n) is 11.6. The van der Waals surface area contributed by atoms with Gasteiger partial charge < -0.3 is 15.4 Å². The van der Waals surface area contributed by atoms with Crippen LogP contribution >= 0.6 is 0 Å². The Morgan fingerprint density at radius 2 is 1.47 bits per heavy atom. The molecule has 0 spiro atoms. The molecule has 0 saturated heterocycles. The third kappa shape index (κ3) is 6.43. The Hall–Kier alpha value is -4.29. The number of rotatable bonds is 9. The second kappa shape index (κ2) is 11.9. The van der Waals surface area contributed by atoms with Gasteiger partial charge in [0.25, 0.3) is 11.8 Å². The molecular weight excluding hydrogens is 455 g/mol. The molecule has 0 aromatic heterocycles. The number of carbonyl (C=O) groups excluding carboxylic acids is 2. The van der Waals surface area contributed by atoms with Gasteiger partial charge in [-0.1, -0.05) is 72.8 Å². The van der Waals surface area contributed by atoms with Gasteiger partial charge in [0.05, 0.1) is 18.8 Å². The molecule has 0 atom stereocenters. The minimum absolute atomic E-state index is 0.0576. The van der Waals surface area contributed by atoms with Crippen LogP contribution in [0.25, 0.3) is 0 Å². The normalized spacial score (nSPS) is 10.6. The van der Waals surface area contributed by atoms with Crippen LogP contribution in [0.2, 0.25) is 0 Å². The smallest absolute Gasteiger partial charge is 0.258 e. The van der Waals surface area contributed by atoms with Gasteiger partial charge in [0, 0.05) is 17.8 Å². The second-order valence-electron chi connectivity index (χ2n) is 8.39. The minimum Gasteiger partial charge on any atom is -0.372 e. The quantitative estimate of drug-likeness (QED) is 0.306. The largest absolute Gasteiger partial charge is 0.372 e. The molecule has 0 heterocycles. The standard InChI is InChI=1S/C30H27FN2O3/c1-21-15-16-23(17-28(21)33-30(35)26-13-7-8-14-27(26)31)29(34)32-18-24-11-5-6-12-25(24)20-36-19-22-9-3-2-4-10-22/h2-17H,18-20H2,1H3,(H,32,34)(H,33,35). The third-order valence-corrected chi connectivity index (χ3v) is 5.79. The number of nitrogens with one attached hydrogen (secondary N) is 2. The van der Waals surface area contributed by atoms with E-state index in [-0.39, 0.29) is 11.5 Å². The van der Waals surface area contributed by atoms with Crippen molar-refractivity contribution in [3.8, 4) is 0 Å². The predicted octanol–water partition coefficient (Wildman–Crippen LogP) is 6.03. The van der Waals surface area contributed by atoms with E-state index in [1.54, 1.807) is 24.3 Å². The Kier molecular flexibility index (Phi) is 8.21. The molecule has 0 bridgehead atoms. The van der Waals surface area contributed by atoms with E-state index in [2.05, 4.69) is 10.6 Å². The molecule has 0 saturated carbocycles. The van der Waals surface area contributed by atoms with Gasteiger partial charge >= 0.3 is 0 Å². The Morgan fingerprint density at radius 3 is 2.25 bits per heavy atom. The summed E-state index contributed by atoms with van der Waals surface area (Å²) < 4.78 is 19.8. The Bertz CT molecular complexity index is 1360. The number of hydrogen-bond acceptors (Lipinski definition) is 3. The molecule has 4 aromatic carbocycles. The van der Waals surface area contributed by atoms with Crippen LogP contribution in [0, 0.1) is 12.7 Å². The van der Waals surface area contributed by atoms with Crippen LogP contribution in [0.4, 0.5) is 10.1 Å². The molecule has 0 aliphatic heterocycles. The van der Waals surface area contributed by atoms with Crippen molar-refractivity contribution in [2.45, 2.75) is 26.7 Å². The molecule has 0 radical (unpaired) electrons. The lowest BCUT2D eigenvalue weighted by Gasteiger charge is -2.13. The summed E-state index contributed by atoms with van der Waals surface area (Å²) in [7, 11) is 0. The van der Waals surface area contributed by atoms with Crippen molar-refractivity contribution >= 4 is 17.5 Å². The van der Waals surface area contributed by atoms with E-state index in [1.807, 2.05) is 61.5 Å². The van der Waals surface area contributed by atoms with Gasteiger partial charge in [-0.2, -0.15) is 0 Å². The minimum atomic E-state index is -0.604. The topological polar surface area (TPSA) is 67.4 Å². The molecule has 5 nitrogen and oxygen atoms in total. The molecule has 0 aliphatic carbocycles. The number of carbonyl (C=O) groups is 2. The van der Waals surface area contributed by atoms with Crippen LogP contribution in [0.1, 0.15) is 43.0 Å². The first-order valence-corrected chi connectivity index (χ1v) is 11.6. The fraction of sp³-hybridized carbons (Fsp3) is 0.133. The molecule has 0 aliphatic rings. The van der Waals surface area contributed by atoms with Gasteiger partial charge in [-0.3, -0.25) is 9.59 Å². The summed E-state index contributed by atoms with van der Waals surface area (Å²) in [4.78, 5) is 25.4. The molecule has 2 N–H and O–H groups in total. The zero-order valence-electron chi connectivity index (χ0n) is 20.0. The Morgan fingerprint density at radius 1 is 0.778 bits per heavy atom. The summed E-state index contributed by atoms with van der Waals surface area (Å²) in [6.07, 6.45) is 0. The second-order valence-corrected chi connectivity index (χ2v) is 8.39. The summed E-state index contributed by atoms with van der Waals surface area (Å²) in [5.41, 5.74) is 4.60. The highest BCUT2D eigenvalue weighted by Gasteiger charge is 2.14. The first kappa shape index (κ1) is 24.8. The van der Waals surface area contributed by atoms with Crippen molar-refractivity contribution in [2.24, 2.45) is 0 Å². The van der Waals surface area contributed by atoms with E-state index in [0.29, 0.717) is 31.0 Å². The van der Waals surface area contributed by atoms with Crippen LogP contribution in [0.3, 0.4) is 0 Å². The molecule has 2 amide bonds. The van der Waals surface area contributed by atoms with Crippen LogP contribution in [0.5, 0.6) is 0 Å². The van der Waals surface area contributed by atoms with E-state index < -0.39 is 11.7 Å². The maximum Gasteiger partial charge on any atom is 0.258 e. The highest BCUT2D eigenvalue weighted by molar-refractivity contribution is 6.05. The van der Waals surface area contributed by atoms with Gasteiger partial charge in [0.1, 0.15) is 5.82 Å². The number of amides is 2. The van der Waals surface area contributed by atoms with Gasteiger partial charge in [-0.05, 0) is 53.4 Å². The summed E-state index contributed by atoms with van der Waals surface area (Å²) in [5.74, 6) is -1.46.